The highest BCUT2D eigenvalue weighted by molar-refractivity contribution is 5.71. The highest BCUT2D eigenvalue weighted by Crippen LogP contribution is 2.16. The molecule has 362 valence electrons. The predicted octanol–water partition coefficient (Wildman–Crippen LogP) is 17.7. The van der Waals surface area contributed by atoms with Crippen LogP contribution in [-0.2, 0) is 28.6 Å². The first kappa shape index (κ1) is 59.6. The van der Waals surface area contributed by atoms with Crippen molar-refractivity contribution in [3.8, 4) is 0 Å². The number of carbonyl (C=O) groups is 3. The largest absolute Gasteiger partial charge is 0.462 e. The van der Waals surface area contributed by atoms with Crippen LogP contribution in [0.25, 0.3) is 0 Å². The summed E-state index contributed by atoms with van der Waals surface area (Å²) in [5, 5.41) is 0. The third-order valence-electron chi connectivity index (χ3n) is 11.9. The van der Waals surface area contributed by atoms with Gasteiger partial charge in [0, 0.05) is 19.3 Å². The van der Waals surface area contributed by atoms with Crippen molar-refractivity contribution in [3.05, 3.63) is 36.5 Å². The first-order chi connectivity index (χ1) is 30.5. The molecule has 0 aromatic heterocycles. The average molecular weight is 871 g/mol. The van der Waals surface area contributed by atoms with Crippen molar-refractivity contribution in [2.24, 2.45) is 0 Å². The molecule has 0 saturated heterocycles. The standard InChI is InChI=1S/C56H102O6/c1-4-7-10-13-16-19-22-24-26-27-28-29-31-32-34-37-40-43-46-49-55(58)61-52-53(51-60-54(57)48-45-42-39-36-21-18-15-12-9-6-3)62-56(59)50-47-44-41-38-35-33-30-25-23-20-17-14-11-8-5-2/h8,11,17,20,25,30,53H,4-7,9-10,12-16,18-19,21-24,26-29,31-52H2,1-3H3/b11-8-,20-17-,30-25-/t53-/m1/s1. The number of ether oxygens (including phenoxy) is 3. The average Bonchev–Trinajstić information content (AvgIpc) is 3.27. The minimum absolute atomic E-state index is 0.0750. The van der Waals surface area contributed by atoms with Gasteiger partial charge in [0.25, 0.3) is 0 Å². The minimum atomic E-state index is -0.775. The molecule has 0 rings (SSSR count). The Morgan fingerprint density at radius 2 is 0.629 bits per heavy atom. The van der Waals surface area contributed by atoms with Gasteiger partial charge in [-0.05, 0) is 51.4 Å². The Balaban J connectivity index is 4.29. The molecule has 0 aliphatic heterocycles. The minimum Gasteiger partial charge on any atom is -0.462 e. The van der Waals surface area contributed by atoms with Gasteiger partial charge in [0.15, 0.2) is 6.10 Å². The molecule has 0 fully saturated rings. The number of unbranched alkanes of at least 4 members (excludes halogenated alkanes) is 32. The van der Waals surface area contributed by atoms with Crippen molar-refractivity contribution in [1.82, 2.24) is 0 Å². The lowest BCUT2D eigenvalue weighted by Gasteiger charge is -2.18. The Kier molecular flexibility index (Phi) is 49.3. The van der Waals surface area contributed by atoms with Crippen molar-refractivity contribution in [1.29, 1.82) is 0 Å². The molecule has 0 aliphatic carbocycles. The second-order valence-electron chi connectivity index (χ2n) is 18.1. The van der Waals surface area contributed by atoms with Crippen molar-refractivity contribution in [2.45, 2.75) is 290 Å². The van der Waals surface area contributed by atoms with E-state index in [-0.39, 0.29) is 31.1 Å². The SMILES string of the molecule is CC/C=C\C/C=C\C/C=C\CCCCCCCC(=O)O[C@H](COC(=O)CCCCCCCCCCCC)COC(=O)CCCCCCCCCCCCCCCCCCCCC. The van der Waals surface area contributed by atoms with Crippen molar-refractivity contribution < 1.29 is 28.6 Å². The summed E-state index contributed by atoms with van der Waals surface area (Å²) >= 11 is 0. The fraction of sp³-hybridized carbons (Fsp3) is 0.839. The Hall–Kier alpha value is -2.37. The molecule has 0 aromatic rings. The molecule has 6 heteroatoms. The van der Waals surface area contributed by atoms with Crippen LogP contribution < -0.4 is 0 Å². The lowest BCUT2D eigenvalue weighted by molar-refractivity contribution is -0.167. The van der Waals surface area contributed by atoms with Crippen LogP contribution in [0, 0.1) is 0 Å². The van der Waals surface area contributed by atoms with Crippen LogP contribution in [0.2, 0.25) is 0 Å². The third kappa shape index (κ3) is 48.7. The highest BCUT2D eigenvalue weighted by atomic mass is 16.6. The topological polar surface area (TPSA) is 78.9 Å². The Morgan fingerprint density at radius 1 is 0.339 bits per heavy atom. The van der Waals surface area contributed by atoms with E-state index in [4.69, 9.17) is 14.2 Å². The van der Waals surface area contributed by atoms with Gasteiger partial charge < -0.3 is 14.2 Å². The molecule has 6 nitrogen and oxygen atoms in total. The summed E-state index contributed by atoms with van der Waals surface area (Å²) in [5.41, 5.74) is 0. The first-order valence-corrected chi connectivity index (χ1v) is 27.0. The van der Waals surface area contributed by atoms with Crippen LogP contribution in [0.5, 0.6) is 0 Å². The summed E-state index contributed by atoms with van der Waals surface area (Å²) in [6.07, 6.45) is 59.9. The quantitative estimate of drug-likeness (QED) is 0.0262. The molecule has 0 amide bonds. The maximum absolute atomic E-state index is 12.8. The van der Waals surface area contributed by atoms with Crippen LogP contribution in [0.15, 0.2) is 36.5 Å². The Labute approximate surface area is 385 Å². The van der Waals surface area contributed by atoms with Gasteiger partial charge in [-0.3, -0.25) is 14.4 Å². The van der Waals surface area contributed by atoms with Crippen LogP contribution in [-0.4, -0.2) is 37.2 Å². The maximum Gasteiger partial charge on any atom is 0.306 e. The van der Waals surface area contributed by atoms with Gasteiger partial charge in [0.1, 0.15) is 13.2 Å². The first-order valence-electron chi connectivity index (χ1n) is 27.0. The highest BCUT2D eigenvalue weighted by Gasteiger charge is 2.19. The number of hydrogen-bond donors (Lipinski definition) is 0. The summed E-state index contributed by atoms with van der Waals surface area (Å²) in [4.78, 5) is 38.0. The molecule has 0 bridgehead atoms. The molecule has 0 N–H and O–H groups in total. The molecule has 0 unspecified atom stereocenters. The number of carbonyl (C=O) groups excluding carboxylic acids is 3. The number of esters is 3. The van der Waals surface area contributed by atoms with Crippen molar-refractivity contribution >= 4 is 17.9 Å². The fourth-order valence-electron chi connectivity index (χ4n) is 7.87. The van der Waals surface area contributed by atoms with Gasteiger partial charge in [0.05, 0.1) is 0 Å². The molecule has 0 heterocycles. The molecule has 62 heavy (non-hydrogen) atoms. The van der Waals surface area contributed by atoms with E-state index in [0.717, 1.165) is 96.3 Å². The molecule has 1 atom stereocenters. The van der Waals surface area contributed by atoms with Crippen LogP contribution in [0.1, 0.15) is 284 Å². The van der Waals surface area contributed by atoms with Gasteiger partial charge in [-0.2, -0.15) is 0 Å². The predicted molar refractivity (Wildman–Crippen MR) is 266 cm³/mol. The molecule has 0 spiro atoms. The summed E-state index contributed by atoms with van der Waals surface area (Å²) in [5.74, 6) is -0.880. The molecule has 0 radical (unpaired) electrons. The van der Waals surface area contributed by atoms with Crippen LogP contribution in [0.4, 0.5) is 0 Å². The normalized spacial score (nSPS) is 12.2. The third-order valence-corrected chi connectivity index (χ3v) is 11.9. The summed E-state index contributed by atoms with van der Waals surface area (Å²) in [7, 11) is 0. The molecular weight excluding hydrogens is 769 g/mol. The summed E-state index contributed by atoms with van der Waals surface area (Å²) in [6.45, 7) is 6.53. The van der Waals surface area contributed by atoms with E-state index < -0.39 is 6.10 Å². The number of allylic oxidation sites excluding steroid dienone is 6. The van der Waals surface area contributed by atoms with E-state index in [1.807, 2.05) is 0 Å². The summed E-state index contributed by atoms with van der Waals surface area (Å²) in [6, 6.07) is 0. The van der Waals surface area contributed by atoms with Crippen LogP contribution >= 0.6 is 0 Å². The molecule has 0 aromatic carbocycles. The van der Waals surface area contributed by atoms with E-state index in [0.29, 0.717) is 19.3 Å². The Morgan fingerprint density at radius 3 is 0.984 bits per heavy atom. The second-order valence-corrected chi connectivity index (χ2v) is 18.1. The zero-order valence-corrected chi connectivity index (χ0v) is 41.4. The monoisotopic (exact) mass is 871 g/mol. The van der Waals surface area contributed by atoms with Gasteiger partial charge in [-0.15, -0.1) is 0 Å². The van der Waals surface area contributed by atoms with Gasteiger partial charge in [-0.1, -0.05) is 250 Å². The Bertz CT molecular complexity index is 1050. The molecule has 0 saturated carbocycles. The van der Waals surface area contributed by atoms with Crippen molar-refractivity contribution in [2.75, 3.05) is 13.2 Å². The van der Waals surface area contributed by atoms with E-state index in [1.165, 1.54) is 148 Å². The number of rotatable bonds is 49. The maximum atomic E-state index is 12.8. The van der Waals surface area contributed by atoms with Crippen molar-refractivity contribution in [3.63, 3.8) is 0 Å². The van der Waals surface area contributed by atoms with E-state index in [9.17, 15) is 14.4 Å². The number of hydrogen-bond acceptors (Lipinski definition) is 6. The lowest BCUT2D eigenvalue weighted by Crippen LogP contribution is -2.30. The van der Waals surface area contributed by atoms with E-state index >= 15 is 0 Å². The summed E-state index contributed by atoms with van der Waals surface area (Å²) < 4.78 is 16.8. The lowest BCUT2D eigenvalue weighted by atomic mass is 10.0. The molecular formula is C56H102O6. The van der Waals surface area contributed by atoms with Gasteiger partial charge >= 0.3 is 17.9 Å². The second kappa shape index (κ2) is 51.3. The fourth-order valence-corrected chi connectivity index (χ4v) is 7.87. The van der Waals surface area contributed by atoms with Gasteiger partial charge in [-0.25, -0.2) is 0 Å². The smallest absolute Gasteiger partial charge is 0.306 e. The van der Waals surface area contributed by atoms with E-state index in [1.54, 1.807) is 0 Å². The van der Waals surface area contributed by atoms with Crippen LogP contribution in [0.3, 0.4) is 0 Å². The zero-order valence-electron chi connectivity index (χ0n) is 41.4. The molecule has 0 aliphatic rings. The zero-order chi connectivity index (χ0) is 45.1. The van der Waals surface area contributed by atoms with Gasteiger partial charge in [0.2, 0.25) is 0 Å². The van der Waals surface area contributed by atoms with E-state index in [2.05, 4.69) is 57.2 Å².